The summed E-state index contributed by atoms with van der Waals surface area (Å²) in [6.07, 6.45) is -1.05. The highest BCUT2D eigenvalue weighted by molar-refractivity contribution is 5.78. The topological polar surface area (TPSA) is 71.1 Å². The smallest absolute Gasteiger partial charge is 0.416 e. The van der Waals surface area contributed by atoms with Crippen LogP contribution in [0.5, 0.6) is 5.75 Å². The van der Waals surface area contributed by atoms with Gasteiger partial charge in [0, 0.05) is 18.3 Å². The van der Waals surface area contributed by atoms with E-state index in [9.17, 15) is 18.0 Å². The Morgan fingerprint density at radius 3 is 2.61 bits per heavy atom. The van der Waals surface area contributed by atoms with E-state index in [1.165, 1.54) is 17.0 Å². The SMILES string of the molecule is O=C1COc2ccc(-c3cn[nH]c3)nc2CN1Cc1ccc(C(F)(F)F)cc1. The van der Waals surface area contributed by atoms with Gasteiger partial charge in [-0.1, -0.05) is 12.1 Å². The number of nitrogens with one attached hydrogen (secondary N) is 1. The number of carbonyl (C=O) groups excluding carboxylic acids is 1. The lowest BCUT2D eigenvalue weighted by atomic mass is 10.1. The van der Waals surface area contributed by atoms with Crippen molar-refractivity contribution in [2.75, 3.05) is 6.61 Å². The van der Waals surface area contributed by atoms with Gasteiger partial charge in [-0.3, -0.25) is 9.89 Å². The van der Waals surface area contributed by atoms with Crippen molar-refractivity contribution in [3.63, 3.8) is 0 Å². The van der Waals surface area contributed by atoms with Gasteiger partial charge in [0.1, 0.15) is 11.4 Å². The average molecular weight is 388 g/mol. The zero-order chi connectivity index (χ0) is 19.7. The van der Waals surface area contributed by atoms with Crippen molar-refractivity contribution in [3.8, 4) is 17.0 Å². The molecule has 1 N–H and O–H groups in total. The quantitative estimate of drug-likeness (QED) is 0.747. The largest absolute Gasteiger partial charge is 0.482 e. The Hall–Kier alpha value is -3.36. The fourth-order valence-electron chi connectivity index (χ4n) is 2.95. The number of ether oxygens (including phenoxy) is 1. The number of carbonyl (C=O) groups is 1. The molecular formula is C19H15F3N4O2. The van der Waals surface area contributed by atoms with E-state index in [-0.39, 0.29) is 25.6 Å². The van der Waals surface area contributed by atoms with Crippen LogP contribution in [0, 0.1) is 0 Å². The zero-order valence-electron chi connectivity index (χ0n) is 14.5. The number of hydrogen-bond donors (Lipinski definition) is 1. The number of fused-ring (bicyclic) bond motifs is 1. The molecule has 4 rings (SSSR count). The lowest BCUT2D eigenvalue weighted by Crippen LogP contribution is -2.32. The fourth-order valence-corrected chi connectivity index (χ4v) is 2.95. The number of benzene rings is 1. The van der Waals surface area contributed by atoms with E-state index in [2.05, 4.69) is 15.2 Å². The van der Waals surface area contributed by atoms with E-state index in [0.717, 1.165) is 17.7 Å². The molecule has 1 aliphatic heterocycles. The summed E-state index contributed by atoms with van der Waals surface area (Å²) in [5.74, 6) is 0.248. The van der Waals surface area contributed by atoms with Crippen molar-refractivity contribution in [1.82, 2.24) is 20.1 Å². The van der Waals surface area contributed by atoms with Gasteiger partial charge >= 0.3 is 6.18 Å². The Kier molecular flexibility index (Phi) is 4.50. The van der Waals surface area contributed by atoms with Gasteiger partial charge in [0.15, 0.2) is 6.61 Å². The fraction of sp³-hybridized carbons (Fsp3) is 0.211. The van der Waals surface area contributed by atoms with Gasteiger partial charge in [0.25, 0.3) is 5.91 Å². The third kappa shape index (κ3) is 3.68. The number of aromatic nitrogens is 3. The molecule has 3 heterocycles. The Bertz CT molecular complexity index is 985. The van der Waals surface area contributed by atoms with Crippen LogP contribution >= 0.6 is 0 Å². The highest BCUT2D eigenvalue weighted by Crippen LogP contribution is 2.30. The minimum atomic E-state index is -4.39. The molecule has 0 atom stereocenters. The number of hydrogen-bond acceptors (Lipinski definition) is 4. The lowest BCUT2D eigenvalue weighted by molar-refractivity contribution is -0.137. The first-order valence-electron chi connectivity index (χ1n) is 8.46. The molecule has 0 aliphatic carbocycles. The molecule has 0 saturated carbocycles. The molecule has 0 spiro atoms. The third-order valence-corrected chi connectivity index (χ3v) is 4.43. The minimum Gasteiger partial charge on any atom is -0.482 e. The van der Waals surface area contributed by atoms with Crippen molar-refractivity contribution in [1.29, 1.82) is 0 Å². The second-order valence-corrected chi connectivity index (χ2v) is 6.36. The van der Waals surface area contributed by atoms with E-state index in [0.29, 0.717) is 22.7 Å². The summed E-state index contributed by atoms with van der Waals surface area (Å²) in [6, 6.07) is 8.30. The summed E-state index contributed by atoms with van der Waals surface area (Å²) in [7, 11) is 0. The summed E-state index contributed by atoms with van der Waals surface area (Å²) in [6.45, 7) is 0.207. The Labute approximate surface area is 158 Å². The molecule has 3 aromatic rings. The predicted molar refractivity (Wildman–Crippen MR) is 93.0 cm³/mol. The van der Waals surface area contributed by atoms with Crippen LogP contribution in [-0.4, -0.2) is 32.6 Å². The normalized spacial score (nSPS) is 14.4. The van der Waals surface area contributed by atoms with Crippen LogP contribution in [0.15, 0.2) is 48.8 Å². The maximum absolute atomic E-state index is 12.7. The van der Waals surface area contributed by atoms with Gasteiger partial charge in [-0.2, -0.15) is 18.3 Å². The molecule has 2 aromatic heterocycles. The number of rotatable bonds is 3. The first-order chi connectivity index (χ1) is 13.4. The second kappa shape index (κ2) is 6.99. The lowest BCUT2D eigenvalue weighted by Gasteiger charge is -2.20. The Balaban J connectivity index is 1.57. The van der Waals surface area contributed by atoms with Crippen molar-refractivity contribution in [2.45, 2.75) is 19.3 Å². The molecule has 0 unspecified atom stereocenters. The van der Waals surface area contributed by atoms with Crippen LogP contribution in [-0.2, 0) is 24.1 Å². The van der Waals surface area contributed by atoms with Crippen molar-refractivity contribution >= 4 is 5.91 Å². The number of nitrogens with zero attached hydrogens (tertiary/aromatic N) is 3. The number of halogens is 3. The van der Waals surface area contributed by atoms with Crippen molar-refractivity contribution in [2.24, 2.45) is 0 Å². The predicted octanol–water partition coefficient (Wildman–Crippen LogP) is 3.41. The third-order valence-electron chi connectivity index (χ3n) is 4.43. The van der Waals surface area contributed by atoms with Gasteiger partial charge in [-0.25, -0.2) is 4.98 Å². The van der Waals surface area contributed by atoms with E-state index >= 15 is 0 Å². The number of pyridine rings is 1. The molecule has 1 aromatic carbocycles. The molecular weight excluding hydrogens is 373 g/mol. The summed E-state index contributed by atoms with van der Waals surface area (Å²) in [4.78, 5) is 18.5. The standard InChI is InChI=1S/C19H15F3N4O2/c20-19(21,22)14-3-1-12(2-4-14)9-26-10-16-17(28-11-18(26)27)6-5-15(25-16)13-7-23-24-8-13/h1-8H,9-11H2,(H,23,24). The number of alkyl halides is 3. The molecule has 144 valence electrons. The summed E-state index contributed by atoms with van der Waals surface area (Å²) < 4.78 is 43.7. The molecule has 0 fully saturated rings. The van der Waals surface area contributed by atoms with Gasteiger partial charge in [-0.15, -0.1) is 0 Å². The first kappa shape index (κ1) is 18.0. The van der Waals surface area contributed by atoms with Crippen LogP contribution in [0.4, 0.5) is 13.2 Å². The maximum Gasteiger partial charge on any atom is 0.416 e. The summed E-state index contributed by atoms with van der Waals surface area (Å²) in [5, 5.41) is 6.61. The van der Waals surface area contributed by atoms with Gasteiger partial charge in [0.2, 0.25) is 0 Å². The van der Waals surface area contributed by atoms with Crippen LogP contribution in [0.3, 0.4) is 0 Å². The number of amides is 1. The highest BCUT2D eigenvalue weighted by atomic mass is 19.4. The minimum absolute atomic E-state index is 0.152. The monoisotopic (exact) mass is 388 g/mol. The molecule has 1 amide bonds. The maximum atomic E-state index is 12.7. The number of H-pyrrole nitrogens is 1. The highest BCUT2D eigenvalue weighted by Gasteiger charge is 2.30. The molecule has 0 radical (unpaired) electrons. The molecule has 0 bridgehead atoms. The Morgan fingerprint density at radius 2 is 1.93 bits per heavy atom. The van der Waals surface area contributed by atoms with Gasteiger partial charge < -0.3 is 9.64 Å². The van der Waals surface area contributed by atoms with Crippen molar-refractivity contribution in [3.05, 3.63) is 65.6 Å². The zero-order valence-corrected chi connectivity index (χ0v) is 14.5. The van der Waals surface area contributed by atoms with Gasteiger partial charge in [0.05, 0.1) is 24.0 Å². The van der Waals surface area contributed by atoms with E-state index in [1.54, 1.807) is 24.5 Å². The Morgan fingerprint density at radius 1 is 1.14 bits per heavy atom. The van der Waals surface area contributed by atoms with E-state index < -0.39 is 11.7 Å². The van der Waals surface area contributed by atoms with E-state index in [1.807, 2.05) is 0 Å². The summed E-state index contributed by atoms with van der Waals surface area (Å²) >= 11 is 0. The van der Waals surface area contributed by atoms with Crippen LogP contribution in [0.25, 0.3) is 11.3 Å². The van der Waals surface area contributed by atoms with Crippen LogP contribution < -0.4 is 4.74 Å². The number of aromatic amines is 1. The molecule has 6 nitrogen and oxygen atoms in total. The molecule has 28 heavy (non-hydrogen) atoms. The molecule has 9 heteroatoms. The van der Waals surface area contributed by atoms with Crippen LogP contribution in [0.2, 0.25) is 0 Å². The van der Waals surface area contributed by atoms with Crippen LogP contribution in [0.1, 0.15) is 16.8 Å². The molecule has 1 aliphatic rings. The molecule has 0 saturated heterocycles. The van der Waals surface area contributed by atoms with Gasteiger partial charge in [-0.05, 0) is 29.8 Å². The van der Waals surface area contributed by atoms with E-state index in [4.69, 9.17) is 4.74 Å². The summed E-state index contributed by atoms with van der Waals surface area (Å²) in [5.41, 5.74) is 1.93. The average Bonchev–Trinajstić information content (AvgIpc) is 3.15. The second-order valence-electron chi connectivity index (χ2n) is 6.36. The first-order valence-corrected chi connectivity index (χ1v) is 8.46. The van der Waals surface area contributed by atoms with Crippen molar-refractivity contribution < 1.29 is 22.7 Å².